The molecule has 0 unspecified atom stereocenters. The van der Waals surface area contributed by atoms with Gasteiger partial charge in [-0.25, -0.2) is 0 Å². The van der Waals surface area contributed by atoms with Gasteiger partial charge in [-0.3, -0.25) is 4.79 Å². The van der Waals surface area contributed by atoms with Gasteiger partial charge in [-0.05, 0) is 54.7 Å². The summed E-state index contributed by atoms with van der Waals surface area (Å²) in [6.07, 6.45) is 1.03. The molecule has 4 heteroatoms. The average molecular weight is 312 g/mol. The van der Waals surface area contributed by atoms with E-state index >= 15 is 0 Å². The summed E-state index contributed by atoms with van der Waals surface area (Å²) in [6, 6.07) is 13.3. The van der Waals surface area contributed by atoms with Crippen molar-refractivity contribution in [3.8, 4) is 5.75 Å². The number of carbonyl (C=O) groups is 1. The van der Waals surface area contributed by atoms with E-state index in [1.807, 2.05) is 37.3 Å². The zero-order valence-electron chi connectivity index (χ0n) is 13.9. The molecule has 0 fully saturated rings. The first-order valence-electron chi connectivity index (χ1n) is 7.89. The average Bonchev–Trinajstić information content (AvgIpc) is 2.55. The van der Waals surface area contributed by atoms with E-state index in [4.69, 9.17) is 10.5 Å². The van der Waals surface area contributed by atoms with Gasteiger partial charge in [0.15, 0.2) is 6.61 Å². The molecule has 0 saturated heterocycles. The van der Waals surface area contributed by atoms with Gasteiger partial charge in [-0.15, -0.1) is 0 Å². The molecule has 0 aromatic heterocycles. The highest BCUT2D eigenvalue weighted by Gasteiger charge is 2.11. The Labute approximate surface area is 137 Å². The second-order valence-electron chi connectivity index (χ2n) is 5.76. The molecule has 122 valence electrons. The Hall–Kier alpha value is -2.49. The normalized spacial score (nSPS) is 11.8. The Balaban J connectivity index is 2.00. The lowest BCUT2D eigenvalue weighted by Crippen LogP contribution is -2.21. The maximum Gasteiger partial charge on any atom is 0.262 e. The van der Waals surface area contributed by atoms with Crippen LogP contribution >= 0.6 is 0 Å². The van der Waals surface area contributed by atoms with Crippen molar-refractivity contribution in [3.05, 3.63) is 53.6 Å². The first-order chi connectivity index (χ1) is 11.0. The van der Waals surface area contributed by atoms with Crippen molar-refractivity contribution in [2.45, 2.75) is 33.1 Å². The number of amides is 1. The van der Waals surface area contributed by atoms with Crippen LogP contribution in [0.5, 0.6) is 5.75 Å². The highest BCUT2D eigenvalue weighted by molar-refractivity contribution is 5.92. The summed E-state index contributed by atoms with van der Waals surface area (Å²) in [5.41, 5.74) is 9.21. The minimum absolute atomic E-state index is 0.0166. The Kier molecular flexibility index (Phi) is 5.63. The Morgan fingerprint density at radius 1 is 1.26 bits per heavy atom. The molecule has 0 aliphatic rings. The molecular formula is C19H24N2O2. The van der Waals surface area contributed by atoms with Gasteiger partial charge in [-0.2, -0.15) is 0 Å². The lowest BCUT2D eigenvalue weighted by molar-refractivity contribution is -0.118. The molecule has 23 heavy (non-hydrogen) atoms. The lowest BCUT2D eigenvalue weighted by atomic mass is 9.98. The number of carbonyl (C=O) groups excluding carboxylic acids is 1. The molecule has 0 spiro atoms. The van der Waals surface area contributed by atoms with Gasteiger partial charge in [0, 0.05) is 11.4 Å². The van der Waals surface area contributed by atoms with Crippen LogP contribution in [0.4, 0.5) is 11.4 Å². The molecule has 0 radical (unpaired) electrons. The number of para-hydroxylation sites is 1. The number of anilines is 2. The quantitative estimate of drug-likeness (QED) is 0.789. The number of nitrogens with one attached hydrogen (secondary N) is 1. The van der Waals surface area contributed by atoms with Crippen LogP contribution in [0.25, 0.3) is 0 Å². The molecule has 2 aromatic carbocycles. The maximum atomic E-state index is 12.1. The fraction of sp³-hybridized carbons (Fsp3) is 0.316. The van der Waals surface area contributed by atoms with Crippen molar-refractivity contribution >= 4 is 17.3 Å². The van der Waals surface area contributed by atoms with Crippen LogP contribution in [-0.4, -0.2) is 12.5 Å². The van der Waals surface area contributed by atoms with E-state index in [1.165, 1.54) is 0 Å². The monoisotopic (exact) mass is 312 g/mol. The molecular weight excluding hydrogens is 288 g/mol. The summed E-state index contributed by atoms with van der Waals surface area (Å²) in [5.74, 6) is 0.983. The molecule has 3 N–H and O–H groups in total. The number of hydrogen-bond donors (Lipinski definition) is 2. The Bertz CT molecular complexity index is 683. The van der Waals surface area contributed by atoms with Crippen molar-refractivity contribution in [1.29, 1.82) is 0 Å². The highest BCUT2D eigenvalue weighted by atomic mass is 16.5. The van der Waals surface area contributed by atoms with E-state index in [0.717, 1.165) is 29.0 Å². The predicted octanol–water partition coefficient (Wildman–Crippen LogP) is 4.11. The van der Waals surface area contributed by atoms with Gasteiger partial charge < -0.3 is 15.8 Å². The van der Waals surface area contributed by atoms with Crippen LogP contribution in [0.3, 0.4) is 0 Å². The van der Waals surface area contributed by atoms with Crippen molar-refractivity contribution < 1.29 is 9.53 Å². The Morgan fingerprint density at radius 2 is 2.00 bits per heavy atom. The third-order valence-corrected chi connectivity index (χ3v) is 3.95. The molecule has 0 aliphatic carbocycles. The van der Waals surface area contributed by atoms with E-state index in [9.17, 15) is 4.79 Å². The molecule has 0 aliphatic heterocycles. The molecule has 0 bridgehead atoms. The summed E-state index contributed by atoms with van der Waals surface area (Å²) in [6.45, 7) is 6.18. The van der Waals surface area contributed by atoms with Crippen LogP contribution < -0.4 is 15.8 Å². The summed E-state index contributed by atoms with van der Waals surface area (Å²) < 4.78 is 5.72. The Morgan fingerprint density at radius 3 is 2.70 bits per heavy atom. The third kappa shape index (κ3) is 4.49. The van der Waals surface area contributed by atoms with Gasteiger partial charge in [-0.1, -0.05) is 32.0 Å². The van der Waals surface area contributed by atoms with Crippen LogP contribution in [0.1, 0.15) is 37.3 Å². The van der Waals surface area contributed by atoms with Crippen molar-refractivity contribution in [2.75, 3.05) is 17.7 Å². The summed E-state index contributed by atoms with van der Waals surface area (Å²) in [5, 5.41) is 2.85. The molecule has 0 saturated carbocycles. The molecule has 0 heterocycles. The largest absolute Gasteiger partial charge is 0.483 e. The number of rotatable bonds is 6. The van der Waals surface area contributed by atoms with E-state index in [1.54, 1.807) is 12.1 Å². The van der Waals surface area contributed by atoms with E-state index in [0.29, 0.717) is 11.6 Å². The lowest BCUT2D eigenvalue weighted by Gasteiger charge is -2.16. The van der Waals surface area contributed by atoms with Crippen molar-refractivity contribution in [1.82, 2.24) is 0 Å². The SMILES string of the molecule is CC[C@@H](C)c1ccccc1OCC(=O)Nc1ccc(N)cc1C. The summed E-state index contributed by atoms with van der Waals surface area (Å²) in [7, 11) is 0. The van der Waals surface area contributed by atoms with Crippen molar-refractivity contribution in [3.63, 3.8) is 0 Å². The third-order valence-electron chi connectivity index (χ3n) is 3.95. The van der Waals surface area contributed by atoms with Crippen LogP contribution in [0.15, 0.2) is 42.5 Å². The number of nitrogen functional groups attached to an aromatic ring is 1. The molecule has 1 atom stereocenters. The van der Waals surface area contributed by atoms with Gasteiger partial charge in [0.1, 0.15) is 5.75 Å². The van der Waals surface area contributed by atoms with Gasteiger partial charge >= 0.3 is 0 Å². The second kappa shape index (κ2) is 7.68. The number of aryl methyl sites for hydroxylation is 1. The molecule has 1 amide bonds. The zero-order valence-corrected chi connectivity index (χ0v) is 13.9. The number of benzene rings is 2. The fourth-order valence-electron chi connectivity index (χ4n) is 2.40. The molecule has 2 aromatic rings. The van der Waals surface area contributed by atoms with E-state index in [-0.39, 0.29) is 12.5 Å². The molecule has 2 rings (SSSR count). The predicted molar refractivity (Wildman–Crippen MR) is 94.9 cm³/mol. The fourth-order valence-corrected chi connectivity index (χ4v) is 2.40. The minimum atomic E-state index is -0.183. The summed E-state index contributed by atoms with van der Waals surface area (Å²) in [4.78, 5) is 12.1. The zero-order chi connectivity index (χ0) is 16.8. The minimum Gasteiger partial charge on any atom is -0.483 e. The smallest absolute Gasteiger partial charge is 0.262 e. The van der Waals surface area contributed by atoms with Gasteiger partial charge in [0.25, 0.3) is 5.91 Å². The maximum absolute atomic E-state index is 12.1. The first-order valence-corrected chi connectivity index (χ1v) is 7.89. The first kappa shape index (κ1) is 16.9. The molecule has 4 nitrogen and oxygen atoms in total. The summed E-state index contributed by atoms with van der Waals surface area (Å²) >= 11 is 0. The number of hydrogen-bond acceptors (Lipinski definition) is 3. The number of nitrogens with two attached hydrogens (primary N) is 1. The van der Waals surface area contributed by atoms with E-state index in [2.05, 4.69) is 19.2 Å². The number of ether oxygens (including phenoxy) is 1. The van der Waals surface area contributed by atoms with Crippen LogP contribution in [-0.2, 0) is 4.79 Å². The van der Waals surface area contributed by atoms with Crippen LogP contribution in [0, 0.1) is 6.92 Å². The standard InChI is InChI=1S/C19H24N2O2/c1-4-13(2)16-7-5-6-8-18(16)23-12-19(22)21-17-10-9-15(20)11-14(17)3/h5-11,13H,4,12,20H2,1-3H3,(H,21,22)/t13-/m1/s1. The van der Waals surface area contributed by atoms with Crippen molar-refractivity contribution in [2.24, 2.45) is 0 Å². The second-order valence-corrected chi connectivity index (χ2v) is 5.76. The van der Waals surface area contributed by atoms with E-state index < -0.39 is 0 Å². The topological polar surface area (TPSA) is 64.3 Å². The highest BCUT2D eigenvalue weighted by Crippen LogP contribution is 2.28. The van der Waals surface area contributed by atoms with Gasteiger partial charge in [0.05, 0.1) is 0 Å². The van der Waals surface area contributed by atoms with Gasteiger partial charge in [0.2, 0.25) is 0 Å². The van der Waals surface area contributed by atoms with Crippen LogP contribution in [0.2, 0.25) is 0 Å².